The van der Waals surface area contributed by atoms with E-state index in [2.05, 4.69) is 30.4 Å². The highest BCUT2D eigenvalue weighted by molar-refractivity contribution is 7.99. The number of halogens is 2. The smallest absolute Gasteiger partial charge is 0.230 e. The fourth-order valence-electron chi connectivity index (χ4n) is 2.22. The summed E-state index contributed by atoms with van der Waals surface area (Å²) in [6, 6.07) is 13.0. The Bertz CT molecular complexity index is 691. The van der Waals surface area contributed by atoms with Gasteiger partial charge in [0.2, 0.25) is 5.91 Å². The lowest BCUT2D eigenvalue weighted by molar-refractivity contribution is -0.118. The molecule has 0 saturated heterocycles. The van der Waals surface area contributed by atoms with Crippen molar-refractivity contribution in [1.82, 2.24) is 5.32 Å². The van der Waals surface area contributed by atoms with Crippen LogP contribution in [-0.2, 0) is 16.3 Å². The maximum absolute atomic E-state index is 13.6. The zero-order chi connectivity index (χ0) is 18.1. The molecule has 0 radical (unpaired) electrons. The fourth-order valence-corrected chi connectivity index (χ4v) is 4.22. The van der Waals surface area contributed by atoms with Crippen LogP contribution in [0.4, 0.5) is 4.39 Å². The highest BCUT2D eigenvalue weighted by Crippen LogP contribution is 2.23. The maximum atomic E-state index is 13.6. The number of carbonyl (C=O) groups excluding carboxylic acids is 1. The van der Waals surface area contributed by atoms with Gasteiger partial charge in [0, 0.05) is 34.4 Å². The first kappa shape index (κ1) is 20.1. The van der Waals surface area contributed by atoms with E-state index in [1.54, 1.807) is 35.7 Å². The molecule has 0 heterocycles. The van der Waals surface area contributed by atoms with Crippen LogP contribution in [0.2, 0.25) is 5.02 Å². The third kappa shape index (κ3) is 7.30. The number of hydrogen-bond acceptors (Lipinski definition) is 3. The van der Waals surface area contributed by atoms with Gasteiger partial charge in [-0.2, -0.15) is 11.8 Å². The van der Waals surface area contributed by atoms with Crippen LogP contribution in [0.25, 0.3) is 0 Å². The molecule has 1 amide bonds. The van der Waals surface area contributed by atoms with Gasteiger partial charge in [-0.05, 0) is 24.6 Å². The minimum atomic E-state index is -0.281. The molecule has 0 saturated carbocycles. The summed E-state index contributed by atoms with van der Waals surface area (Å²) in [5, 5.41) is 3.34. The number of hydrogen-bond donors (Lipinski definition) is 1. The van der Waals surface area contributed by atoms with Gasteiger partial charge in [0.05, 0.1) is 5.75 Å². The number of benzene rings is 2. The molecular weight excluding hydrogens is 377 g/mol. The number of aryl methyl sites for hydroxylation is 1. The Balaban J connectivity index is 1.58. The van der Waals surface area contributed by atoms with E-state index in [0.29, 0.717) is 28.6 Å². The van der Waals surface area contributed by atoms with E-state index < -0.39 is 0 Å². The van der Waals surface area contributed by atoms with Crippen LogP contribution >= 0.6 is 35.1 Å². The van der Waals surface area contributed by atoms with Gasteiger partial charge in [-0.15, -0.1) is 11.8 Å². The molecule has 2 nitrogen and oxygen atoms in total. The van der Waals surface area contributed by atoms with E-state index in [-0.39, 0.29) is 11.7 Å². The lowest BCUT2D eigenvalue weighted by atomic mass is 10.2. The molecule has 134 valence electrons. The fraction of sp³-hybridized carbons (Fsp3) is 0.316. The molecule has 2 rings (SSSR count). The summed E-state index contributed by atoms with van der Waals surface area (Å²) in [5.41, 5.74) is 2.99. The monoisotopic (exact) mass is 397 g/mol. The van der Waals surface area contributed by atoms with Gasteiger partial charge in [-0.25, -0.2) is 4.39 Å². The molecule has 0 aliphatic rings. The van der Waals surface area contributed by atoms with E-state index in [9.17, 15) is 9.18 Å². The Hall–Kier alpha value is -1.17. The zero-order valence-electron chi connectivity index (χ0n) is 14.1. The van der Waals surface area contributed by atoms with Gasteiger partial charge >= 0.3 is 0 Å². The van der Waals surface area contributed by atoms with Crippen molar-refractivity contribution in [3.8, 4) is 0 Å². The van der Waals surface area contributed by atoms with Crippen LogP contribution in [0.1, 0.15) is 16.7 Å². The van der Waals surface area contributed by atoms with Crippen LogP contribution in [0.5, 0.6) is 0 Å². The molecular formula is C19H21ClFNOS2. The van der Waals surface area contributed by atoms with Crippen LogP contribution in [0.3, 0.4) is 0 Å². The standard InChI is InChI=1S/C19H21ClFNOS2/c1-14-4-2-5-15(10-14)11-25-13-19(23)22-8-9-24-12-16-17(20)6-3-7-18(16)21/h2-7,10H,8-9,11-13H2,1H3,(H,22,23). The maximum Gasteiger partial charge on any atom is 0.230 e. The summed E-state index contributed by atoms with van der Waals surface area (Å²) in [7, 11) is 0. The summed E-state index contributed by atoms with van der Waals surface area (Å²) in [6.45, 7) is 2.63. The van der Waals surface area contributed by atoms with Crippen molar-refractivity contribution in [1.29, 1.82) is 0 Å². The van der Waals surface area contributed by atoms with Crippen molar-refractivity contribution in [3.05, 3.63) is 70.0 Å². The second kappa shape index (κ2) is 10.7. The summed E-state index contributed by atoms with van der Waals surface area (Å²) in [5.74, 6) is 2.24. The first-order valence-corrected chi connectivity index (χ1v) is 10.7. The second-order valence-corrected chi connectivity index (χ2v) is 8.08. The Morgan fingerprint density at radius 1 is 1.16 bits per heavy atom. The number of amides is 1. The predicted octanol–water partition coefficient (Wildman–Crippen LogP) is 5.07. The molecule has 0 unspecified atom stereocenters. The van der Waals surface area contributed by atoms with Crippen molar-refractivity contribution in [2.24, 2.45) is 0 Å². The first-order valence-electron chi connectivity index (χ1n) is 7.97. The number of nitrogens with one attached hydrogen (secondary N) is 1. The van der Waals surface area contributed by atoms with Crippen molar-refractivity contribution in [2.45, 2.75) is 18.4 Å². The Labute approximate surface area is 161 Å². The van der Waals surface area contributed by atoms with Crippen molar-refractivity contribution in [3.63, 3.8) is 0 Å². The lowest BCUT2D eigenvalue weighted by Gasteiger charge is -2.07. The SMILES string of the molecule is Cc1cccc(CSCC(=O)NCCSCc2c(F)cccc2Cl)c1. The topological polar surface area (TPSA) is 29.1 Å². The van der Waals surface area contributed by atoms with Crippen LogP contribution < -0.4 is 5.32 Å². The number of thioether (sulfide) groups is 2. The molecule has 0 bridgehead atoms. The molecule has 25 heavy (non-hydrogen) atoms. The Kier molecular flexibility index (Phi) is 8.65. The first-order chi connectivity index (χ1) is 12.1. The average molecular weight is 398 g/mol. The van der Waals surface area contributed by atoms with Crippen LogP contribution in [0.15, 0.2) is 42.5 Å². The molecule has 0 fully saturated rings. The Morgan fingerprint density at radius 3 is 2.72 bits per heavy atom. The molecule has 0 atom stereocenters. The molecule has 0 aromatic heterocycles. The van der Waals surface area contributed by atoms with E-state index >= 15 is 0 Å². The molecule has 0 spiro atoms. The normalized spacial score (nSPS) is 10.7. The summed E-state index contributed by atoms with van der Waals surface area (Å²) in [4.78, 5) is 11.8. The number of carbonyl (C=O) groups is 1. The van der Waals surface area contributed by atoms with Gasteiger partial charge in [0.15, 0.2) is 0 Å². The predicted molar refractivity (Wildman–Crippen MR) is 108 cm³/mol. The van der Waals surface area contributed by atoms with Gasteiger partial charge in [-0.1, -0.05) is 47.5 Å². The largest absolute Gasteiger partial charge is 0.355 e. The number of rotatable bonds is 9. The second-order valence-electron chi connectivity index (χ2n) is 5.58. The molecule has 2 aromatic carbocycles. The third-order valence-electron chi connectivity index (χ3n) is 3.46. The van der Waals surface area contributed by atoms with E-state index in [1.807, 2.05) is 6.07 Å². The van der Waals surface area contributed by atoms with E-state index in [4.69, 9.17) is 11.6 Å². The minimum absolute atomic E-state index is 0.0298. The molecule has 6 heteroatoms. The van der Waals surface area contributed by atoms with Crippen LogP contribution in [0, 0.1) is 12.7 Å². The molecule has 0 aliphatic carbocycles. The molecule has 1 N–H and O–H groups in total. The minimum Gasteiger partial charge on any atom is -0.355 e. The molecule has 2 aromatic rings. The lowest BCUT2D eigenvalue weighted by Crippen LogP contribution is -2.27. The van der Waals surface area contributed by atoms with Crippen LogP contribution in [-0.4, -0.2) is 24.0 Å². The summed E-state index contributed by atoms with van der Waals surface area (Å²) in [6.07, 6.45) is 0. The van der Waals surface area contributed by atoms with Gasteiger partial charge in [0.25, 0.3) is 0 Å². The molecule has 0 aliphatic heterocycles. The van der Waals surface area contributed by atoms with Crippen molar-refractivity contribution >= 4 is 41.0 Å². The van der Waals surface area contributed by atoms with Crippen molar-refractivity contribution < 1.29 is 9.18 Å². The average Bonchev–Trinajstić information content (AvgIpc) is 2.57. The van der Waals surface area contributed by atoms with E-state index in [1.165, 1.54) is 17.2 Å². The highest BCUT2D eigenvalue weighted by Gasteiger charge is 2.07. The Morgan fingerprint density at radius 2 is 1.96 bits per heavy atom. The zero-order valence-corrected chi connectivity index (χ0v) is 16.4. The van der Waals surface area contributed by atoms with Crippen molar-refractivity contribution in [2.75, 3.05) is 18.1 Å². The highest BCUT2D eigenvalue weighted by atomic mass is 35.5. The van der Waals surface area contributed by atoms with Gasteiger partial charge in [0.1, 0.15) is 5.82 Å². The third-order valence-corrected chi connectivity index (χ3v) is 5.80. The summed E-state index contributed by atoms with van der Waals surface area (Å²) < 4.78 is 13.6. The summed E-state index contributed by atoms with van der Waals surface area (Å²) >= 11 is 9.14. The van der Waals surface area contributed by atoms with E-state index in [0.717, 1.165) is 11.5 Å². The quantitative estimate of drug-likeness (QED) is 0.599. The van der Waals surface area contributed by atoms with Gasteiger partial charge < -0.3 is 5.32 Å². The van der Waals surface area contributed by atoms with Gasteiger partial charge in [-0.3, -0.25) is 4.79 Å².